The van der Waals surface area contributed by atoms with Gasteiger partial charge in [-0.05, 0) is 37.0 Å². The molecular formula is C15H19BrClN3O. The first-order chi connectivity index (χ1) is 9.66. The molecule has 3 rings (SSSR count). The zero-order valence-electron chi connectivity index (χ0n) is 11.7. The van der Waals surface area contributed by atoms with Gasteiger partial charge >= 0.3 is 0 Å². The minimum absolute atomic E-state index is 0. The Hall–Kier alpha value is -0.910. The van der Waals surface area contributed by atoms with Gasteiger partial charge in [0.05, 0.1) is 5.54 Å². The summed E-state index contributed by atoms with van der Waals surface area (Å²) >= 11 is 3.48. The predicted molar refractivity (Wildman–Crippen MR) is 87.4 cm³/mol. The van der Waals surface area contributed by atoms with Gasteiger partial charge in [-0.3, -0.25) is 0 Å². The molecule has 0 bridgehead atoms. The lowest BCUT2D eigenvalue weighted by Crippen LogP contribution is -2.34. The average molecular weight is 373 g/mol. The number of nitrogens with two attached hydrogens (primary N) is 1. The van der Waals surface area contributed by atoms with E-state index in [9.17, 15) is 0 Å². The average Bonchev–Trinajstić information content (AvgIpc) is 3.06. The molecule has 1 aliphatic rings. The van der Waals surface area contributed by atoms with E-state index in [0.717, 1.165) is 43.0 Å². The Balaban J connectivity index is 0.00000161. The maximum absolute atomic E-state index is 6.33. The summed E-state index contributed by atoms with van der Waals surface area (Å²) in [6, 6.07) is 8.26. The van der Waals surface area contributed by atoms with Gasteiger partial charge in [-0.2, -0.15) is 4.98 Å². The normalized spacial score (nSPS) is 16.7. The minimum Gasteiger partial charge on any atom is -0.339 e. The first-order valence-corrected chi connectivity index (χ1v) is 7.81. The molecule has 1 aromatic heterocycles. The Kier molecular flexibility index (Phi) is 5.41. The molecule has 1 heterocycles. The molecule has 0 atom stereocenters. The van der Waals surface area contributed by atoms with E-state index < -0.39 is 0 Å². The van der Waals surface area contributed by atoms with Crippen LogP contribution in [0, 0.1) is 0 Å². The smallest absolute Gasteiger partial charge is 0.227 e. The van der Waals surface area contributed by atoms with Crippen LogP contribution in [0.3, 0.4) is 0 Å². The van der Waals surface area contributed by atoms with Crippen LogP contribution in [0.4, 0.5) is 0 Å². The number of nitrogens with zero attached hydrogens (tertiary/aromatic N) is 2. The first kappa shape index (κ1) is 16.5. The molecule has 1 saturated carbocycles. The summed E-state index contributed by atoms with van der Waals surface area (Å²) in [4.78, 5) is 4.49. The molecule has 6 heteroatoms. The van der Waals surface area contributed by atoms with Crippen molar-refractivity contribution in [3.63, 3.8) is 0 Å². The standard InChI is InChI=1S/C15H18BrN3O.ClH/c16-12-5-3-4-11(10-12)6-7-13-18-14(19-20-13)15(17)8-1-2-9-15;/h3-5,10H,1-2,6-9,17H2;1H. The molecule has 1 aromatic carbocycles. The number of halogens is 2. The van der Waals surface area contributed by atoms with Crippen LogP contribution in [-0.4, -0.2) is 10.1 Å². The predicted octanol–water partition coefficient (Wildman–Crippen LogP) is 3.77. The third-order valence-corrected chi connectivity index (χ3v) is 4.42. The summed E-state index contributed by atoms with van der Waals surface area (Å²) in [6.07, 6.45) is 5.85. The third kappa shape index (κ3) is 3.84. The molecule has 1 fully saturated rings. The highest BCUT2D eigenvalue weighted by atomic mass is 79.9. The molecule has 4 nitrogen and oxygen atoms in total. The van der Waals surface area contributed by atoms with E-state index in [1.54, 1.807) is 0 Å². The zero-order chi connectivity index (χ0) is 14.0. The van der Waals surface area contributed by atoms with E-state index in [4.69, 9.17) is 10.3 Å². The van der Waals surface area contributed by atoms with Crippen LogP contribution in [0.15, 0.2) is 33.3 Å². The molecule has 0 amide bonds. The molecule has 21 heavy (non-hydrogen) atoms. The maximum Gasteiger partial charge on any atom is 0.227 e. The highest BCUT2D eigenvalue weighted by Crippen LogP contribution is 2.34. The Morgan fingerprint density at radius 1 is 1.24 bits per heavy atom. The van der Waals surface area contributed by atoms with Crippen LogP contribution in [0.25, 0.3) is 0 Å². The zero-order valence-corrected chi connectivity index (χ0v) is 14.1. The summed E-state index contributed by atoms with van der Waals surface area (Å²) < 4.78 is 6.43. The summed E-state index contributed by atoms with van der Waals surface area (Å²) in [5, 5.41) is 4.08. The second-order valence-electron chi connectivity index (χ2n) is 5.50. The molecule has 114 valence electrons. The second-order valence-corrected chi connectivity index (χ2v) is 6.42. The van der Waals surface area contributed by atoms with Crippen LogP contribution >= 0.6 is 28.3 Å². The lowest BCUT2D eigenvalue weighted by atomic mass is 9.99. The van der Waals surface area contributed by atoms with Crippen molar-refractivity contribution >= 4 is 28.3 Å². The molecule has 0 spiro atoms. The number of hydrogen-bond acceptors (Lipinski definition) is 4. The Bertz CT molecular complexity index is 596. The van der Waals surface area contributed by atoms with E-state index in [0.29, 0.717) is 11.7 Å². The van der Waals surface area contributed by atoms with Gasteiger partial charge < -0.3 is 10.3 Å². The molecule has 2 aromatic rings. The summed E-state index contributed by atoms with van der Waals surface area (Å²) in [6.45, 7) is 0. The molecule has 0 aliphatic heterocycles. The molecule has 0 unspecified atom stereocenters. The van der Waals surface area contributed by atoms with Crippen molar-refractivity contribution in [2.75, 3.05) is 0 Å². The molecule has 0 saturated heterocycles. The molecule has 1 aliphatic carbocycles. The van der Waals surface area contributed by atoms with Crippen molar-refractivity contribution in [1.82, 2.24) is 10.1 Å². The van der Waals surface area contributed by atoms with Gasteiger partial charge in [-0.1, -0.05) is 46.1 Å². The molecule has 0 radical (unpaired) electrons. The fraction of sp³-hybridized carbons (Fsp3) is 0.467. The van der Waals surface area contributed by atoms with Gasteiger partial charge in [0.2, 0.25) is 5.89 Å². The first-order valence-electron chi connectivity index (χ1n) is 7.02. The lowest BCUT2D eigenvalue weighted by molar-refractivity contribution is 0.348. The van der Waals surface area contributed by atoms with Gasteiger partial charge in [-0.25, -0.2) is 0 Å². The van der Waals surface area contributed by atoms with Crippen LogP contribution in [-0.2, 0) is 18.4 Å². The summed E-state index contributed by atoms with van der Waals surface area (Å²) in [5.74, 6) is 1.36. The van der Waals surface area contributed by atoms with E-state index in [1.807, 2.05) is 12.1 Å². The van der Waals surface area contributed by atoms with Gasteiger partial charge in [0.15, 0.2) is 5.82 Å². The second kappa shape index (κ2) is 6.90. The number of rotatable bonds is 4. The van der Waals surface area contributed by atoms with Gasteiger partial charge in [0.25, 0.3) is 0 Å². The van der Waals surface area contributed by atoms with Crippen LogP contribution in [0.1, 0.15) is 43.0 Å². The SMILES string of the molecule is Cl.NC1(c2noc(CCc3cccc(Br)c3)n2)CCCC1. The number of benzene rings is 1. The summed E-state index contributed by atoms with van der Waals surface area (Å²) in [5.41, 5.74) is 7.22. The van der Waals surface area contributed by atoms with Crippen LogP contribution in [0.2, 0.25) is 0 Å². The molecular weight excluding hydrogens is 354 g/mol. The number of aromatic nitrogens is 2. The van der Waals surface area contributed by atoms with Gasteiger partial charge in [0, 0.05) is 10.9 Å². The third-order valence-electron chi connectivity index (χ3n) is 3.93. The van der Waals surface area contributed by atoms with Crippen molar-refractivity contribution in [2.24, 2.45) is 5.73 Å². The minimum atomic E-state index is -0.364. The monoisotopic (exact) mass is 371 g/mol. The Labute approximate surface area is 139 Å². The van der Waals surface area contributed by atoms with Crippen molar-refractivity contribution in [2.45, 2.75) is 44.1 Å². The van der Waals surface area contributed by atoms with E-state index >= 15 is 0 Å². The fourth-order valence-electron chi connectivity index (χ4n) is 2.73. The highest BCUT2D eigenvalue weighted by Gasteiger charge is 2.35. The van der Waals surface area contributed by atoms with Crippen molar-refractivity contribution in [1.29, 1.82) is 0 Å². The van der Waals surface area contributed by atoms with Crippen LogP contribution < -0.4 is 5.73 Å². The fourth-order valence-corrected chi connectivity index (χ4v) is 3.18. The maximum atomic E-state index is 6.33. The van der Waals surface area contributed by atoms with Crippen molar-refractivity contribution in [3.05, 3.63) is 46.0 Å². The Morgan fingerprint density at radius 3 is 2.71 bits per heavy atom. The van der Waals surface area contributed by atoms with E-state index in [2.05, 4.69) is 38.2 Å². The van der Waals surface area contributed by atoms with Crippen molar-refractivity contribution in [3.8, 4) is 0 Å². The quantitative estimate of drug-likeness (QED) is 0.887. The van der Waals surface area contributed by atoms with Crippen LogP contribution in [0.5, 0.6) is 0 Å². The topological polar surface area (TPSA) is 64.9 Å². The number of aryl methyl sites for hydroxylation is 2. The van der Waals surface area contributed by atoms with Gasteiger partial charge in [-0.15, -0.1) is 12.4 Å². The largest absolute Gasteiger partial charge is 0.339 e. The molecule has 2 N–H and O–H groups in total. The number of hydrogen-bond donors (Lipinski definition) is 1. The Morgan fingerprint density at radius 2 is 2.00 bits per heavy atom. The van der Waals surface area contributed by atoms with Gasteiger partial charge in [0.1, 0.15) is 0 Å². The highest BCUT2D eigenvalue weighted by molar-refractivity contribution is 9.10. The van der Waals surface area contributed by atoms with E-state index in [-0.39, 0.29) is 17.9 Å². The summed E-state index contributed by atoms with van der Waals surface area (Å²) in [7, 11) is 0. The van der Waals surface area contributed by atoms with E-state index in [1.165, 1.54) is 5.56 Å². The lowest BCUT2D eigenvalue weighted by Gasteiger charge is -2.17. The van der Waals surface area contributed by atoms with Crippen molar-refractivity contribution < 1.29 is 4.52 Å².